The van der Waals surface area contributed by atoms with Crippen LogP contribution in [0.1, 0.15) is 49.3 Å². The number of unbranched alkanes of at least 4 members (excludes halogenated alkanes) is 3. The highest BCUT2D eigenvalue weighted by Crippen LogP contribution is 2.43. The standard InChI is InChI=1S/C28H31NS2/c1-4-5-6-7-8-23-19-27(30-20-23)26-17-18-28(31-26)29(24-13-9-21(2)10-14-24)25-15-11-22(3)12-16-25/h9-20H,4-8H2,1-3H3. The van der Waals surface area contributed by atoms with Crippen molar-refractivity contribution in [1.29, 1.82) is 0 Å². The fourth-order valence-corrected chi connectivity index (χ4v) is 5.86. The van der Waals surface area contributed by atoms with Gasteiger partial charge in [-0.1, -0.05) is 61.6 Å². The third-order valence-corrected chi connectivity index (χ3v) is 7.86. The molecule has 0 bridgehead atoms. The smallest absolute Gasteiger partial charge is 0.101 e. The normalized spacial score (nSPS) is 11.1. The van der Waals surface area contributed by atoms with Gasteiger partial charge in [-0.25, -0.2) is 0 Å². The fourth-order valence-electron chi connectivity index (χ4n) is 3.76. The number of benzene rings is 2. The summed E-state index contributed by atoms with van der Waals surface area (Å²) in [7, 11) is 0. The molecule has 0 radical (unpaired) electrons. The lowest BCUT2D eigenvalue weighted by molar-refractivity contribution is 0.667. The van der Waals surface area contributed by atoms with E-state index in [-0.39, 0.29) is 0 Å². The van der Waals surface area contributed by atoms with Crippen molar-refractivity contribution in [2.75, 3.05) is 4.90 Å². The Bertz CT molecular complexity index is 1040. The summed E-state index contributed by atoms with van der Waals surface area (Å²) < 4.78 is 0. The highest BCUT2D eigenvalue weighted by Gasteiger charge is 2.16. The molecule has 0 saturated carbocycles. The zero-order chi connectivity index (χ0) is 21.6. The van der Waals surface area contributed by atoms with Crippen LogP contribution >= 0.6 is 22.7 Å². The van der Waals surface area contributed by atoms with E-state index in [1.807, 2.05) is 22.7 Å². The van der Waals surface area contributed by atoms with E-state index in [4.69, 9.17) is 0 Å². The van der Waals surface area contributed by atoms with Crippen LogP contribution in [0.3, 0.4) is 0 Å². The quantitative estimate of drug-likeness (QED) is 0.232. The molecule has 0 unspecified atom stereocenters. The lowest BCUT2D eigenvalue weighted by Crippen LogP contribution is -2.08. The average molecular weight is 446 g/mol. The molecular weight excluding hydrogens is 414 g/mol. The number of anilines is 3. The first-order valence-corrected chi connectivity index (χ1v) is 12.9. The van der Waals surface area contributed by atoms with E-state index in [9.17, 15) is 0 Å². The van der Waals surface area contributed by atoms with Gasteiger partial charge in [0.15, 0.2) is 0 Å². The third-order valence-electron chi connectivity index (χ3n) is 5.61. The fraction of sp³-hybridized carbons (Fsp3) is 0.286. The Labute approximate surface area is 195 Å². The maximum absolute atomic E-state index is 2.40. The van der Waals surface area contributed by atoms with Gasteiger partial charge in [0.1, 0.15) is 5.00 Å². The molecule has 0 fully saturated rings. The van der Waals surface area contributed by atoms with Gasteiger partial charge < -0.3 is 4.90 Å². The van der Waals surface area contributed by atoms with Crippen LogP contribution in [0, 0.1) is 13.8 Å². The Hall–Kier alpha value is -2.36. The first-order valence-electron chi connectivity index (χ1n) is 11.2. The Morgan fingerprint density at radius 2 is 1.35 bits per heavy atom. The predicted octanol–water partition coefficient (Wildman–Crippen LogP) is 9.69. The third kappa shape index (κ3) is 5.47. The molecule has 4 rings (SSSR count). The van der Waals surface area contributed by atoms with Crippen molar-refractivity contribution in [3.8, 4) is 9.75 Å². The Kier molecular flexibility index (Phi) is 7.26. The van der Waals surface area contributed by atoms with Crippen molar-refractivity contribution < 1.29 is 0 Å². The number of aryl methyl sites for hydroxylation is 3. The van der Waals surface area contributed by atoms with Crippen molar-refractivity contribution in [3.05, 3.63) is 88.8 Å². The van der Waals surface area contributed by atoms with Crippen LogP contribution in [0.2, 0.25) is 0 Å². The van der Waals surface area contributed by atoms with Crippen molar-refractivity contribution >= 4 is 39.0 Å². The lowest BCUT2D eigenvalue weighted by Gasteiger charge is -2.24. The maximum Gasteiger partial charge on any atom is 0.101 e. The Morgan fingerprint density at radius 1 is 0.710 bits per heavy atom. The minimum absolute atomic E-state index is 1.20. The second kappa shape index (κ2) is 10.3. The lowest BCUT2D eigenvalue weighted by atomic mass is 10.1. The highest BCUT2D eigenvalue weighted by molar-refractivity contribution is 7.23. The van der Waals surface area contributed by atoms with E-state index >= 15 is 0 Å². The summed E-state index contributed by atoms with van der Waals surface area (Å²) in [4.78, 5) is 5.10. The molecular formula is C28H31NS2. The van der Waals surface area contributed by atoms with Crippen LogP contribution in [0.25, 0.3) is 9.75 Å². The molecule has 0 saturated heterocycles. The van der Waals surface area contributed by atoms with Gasteiger partial charge in [0.25, 0.3) is 0 Å². The largest absolute Gasteiger partial charge is 0.302 e. The van der Waals surface area contributed by atoms with Crippen molar-refractivity contribution in [1.82, 2.24) is 0 Å². The van der Waals surface area contributed by atoms with Gasteiger partial charge in [-0.05, 0) is 80.1 Å². The predicted molar refractivity (Wildman–Crippen MR) is 140 cm³/mol. The van der Waals surface area contributed by atoms with Gasteiger partial charge in [-0.3, -0.25) is 0 Å². The molecule has 0 spiro atoms. The summed E-state index contributed by atoms with van der Waals surface area (Å²) in [5, 5.41) is 3.60. The van der Waals surface area contributed by atoms with E-state index < -0.39 is 0 Å². The number of thiophene rings is 2. The molecule has 0 amide bonds. The summed E-state index contributed by atoms with van der Waals surface area (Å²) in [6.07, 6.45) is 6.49. The van der Waals surface area contributed by atoms with Gasteiger partial charge in [0, 0.05) is 21.1 Å². The van der Waals surface area contributed by atoms with Gasteiger partial charge in [0.05, 0.1) is 0 Å². The van der Waals surface area contributed by atoms with Crippen LogP contribution in [0.5, 0.6) is 0 Å². The molecule has 0 atom stereocenters. The van der Waals surface area contributed by atoms with Crippen molar-refractivity contribution in [2.45, 2.75) is 52.9 Å². The average Bonchev–Trinajstić information content (AvgIpc) is 3.44. The van der Waals surface area contributed by atoms with Gasteiger partial charge in [0.2, 0.25) is 0 Å². The highest BCUT2D eigenvalue weighted by atomic mass is 32.1. The minimum atomic E-state index is 1.20. The Balaban J connectivity index is 1.60. The van der Waals surface area contributed by atoms with Crippen molar-refractivity contribution in [3.63, 3.8) is 0 Å². The number of hydrogen-bond acceptors (Lipinski definition) is 3. The number of nitrogens with zero attached hydrogens (tertiary/aromatic N) is 1. The van der Waals surface area contributed by atoms with Crippen LogP contribution in [0.4, 0.5) is 16.4 Å². The van der Waals surface area contributed by atoms with E-state index in [0.29, 0.717) is 0 Å². The monoisotopic (exact) mass is 445 g/mol. The molecule has 4 aromatic rings. The topological polar surface area (TPSA) is 3.24 Å². The second-order valence-corrected chi connectivity index (χ2v) is 10.2. The van der Waals surface area contributed by atoms with Crippen LogP contribution in [-0.4, -0.2) is 0 Å². The molecule has 0 aliphatic carbocycles. The molecule has 160 valence electrons. The molecule has 31 heavy (non-hydrogen) atoms. The molecule has 2 aromatic heterocycles. The van der Waals surface area contributed by atoms with Gasteiger partial charge >= 0.3 is 0 Å². The first kappa shape index (κ1) is 21.9. The van der Waals surface area contributed by atoms with Crippen LogP contribution < -0.4 is 4.90 Å². The second-order valence-electron chi connectivity index (χ2n) is 8.27. The van der Waals surface area contributed by atoms with E-state index in [0.717, 1.165) is 0 Å². The molecule has 1 nitrogen and oxygen atoms in total. The first-order chi connectivity index (χ1) is 15.1. The van der Waals surface area contributed by atoms with Crippen LogP contribution in [-0.2, 0) is 6.42 Å². The number of hydrogen-bond donors (Lipinski definition) is 0. The summed E-state index contributed by atoms with van der Waals surface area (Å²) in [5.74, 6) is 0. The SMILES string of the molecule is CCCCCCc1csc(-c2ccc(N(c3ccc(C)cc3)c3ccc(C)cc3)s2)c1. The van der Waals surface area contributed by atoms with E-state index in [1.165, 1.54) is 74.9 Å². The molecule has 2 aromatic carbocycles. The molecule has 0 aliphatic rings. The molecule has 0 N–H and O–H groups in total. The van der Waals surface area contributed by atoms with Crippen LogP contribution in [0.15, 0.2) is 72.1 Å². The summed E-state index contributed by atoms with van der Waals surface area (Å²) in [5.41, 5.74) is 6.45. The van der Waals surface area contributed by atoms with Gasteiger partial charge in [-0.2, -0.15) is 0 Å². The molecule has 3 heteroatoms. The van der Waals surface area contributed by atoms with Gasteiger partial charge in [-0.15, -0.1) is 22.7 Å². The summed E-state index contributed by atoms with van der Waals surface area (Å²) in [6.45, 7) is 6.55. The summed E-state index contributed by atoms with van der Waals surface area (Å²) >= 11 is 3.75. The van der Waals surface area contributed by atoms with Crippen molar-refractivity contribution in [2.24, 2.45) is 0 Å². The minimum Gasteiger partial charge on any atom is -0.302 e. The molecule has 0 aliphatic heterocycles. The maximum atomic E-state index is 2.40. The zero-order valence-electron chi connectivity index (χ0n) is 18.7. The Morgan fingerprint density at radius 3 is 1.97 bits per heavy atom. The van der Waals surface area contributed by atoms with E-state index in [1.54, 1.807) is 0 Å². The number of rotatable bonds is 9. The summed E-state index contributed by atoms with van der Waals surface area (Å²) in [6, 6.07) is 24.6. The molecule has 2 heterocycles. The van der Waals surface area contributed by atoms with E-state index in [2.05, 4.69) is 97.8 Å². The zero-order valence-corrected chi connectivity index (χ0v) is 20.4.